The zero-order valence-electron chi connectivity index (χ0n) is 11.5. The fourth-order valence-electron chi connectivity index (χ4n) is 2.58. The van der Waals surface area contributed by atoms with Crippen molar-refractivity contribution in [2.75, 3.05) is 11.9 Å². The molecule has 0 bridgehead atoms. The SMILES string of the molecule is CN1Cc2ccccc2N(Cc2cc(F)cc(Br)c2)C1=O. The van der Waals surface area contributed by atoms with Gasteiger partial charge in [-0.1, -0.05) is 34.1 Å². The first-order chi connectivity index (χ1) is 10.0. The van der Waals surface area contributed by atoms with E-state index < -0.39 is 0 Å². The minimum absolute atomic E-state index is 0.0749. The van der Waals surface area contributed by atoms with Crippen LogP contribution in [0.25, 0.3) is 0 Å². The van der Waals surface area contributed by atoms with Gasteiger partial charge in [-0.3, -0.25) is 4.90 Å². The molecule has 0 saturated carbocycles. The van der Waals surface area contributed by atoms with E-state index in [0.29, 0.717) is 17.6 Å². The van der Waals surface area contributed by atoms with Crippen LogP contribution in [0.1, 0.15) is 11.1 Å². The van der Waals surface area contributed by atoms with Gasteiger partial charge in [-0.2, -0.15) is 0 Å². The van der Waals surface area contributed by atoms with Crippen molar-refractivity contribution in [3.8, 4) is 0 Å². The molecule has 2 aromatic rings. The lowest BCUT2D eigenvalue weighted by Crippen LogP contribution is -2.44. The molecule has 108 valence electrons. The number of benzene rings is 2. The van der Waals surface area contributed by atoms with E-state index in [2.05, 4.69) is 15.9 Å². The van der Waals surface area contributed by atoms with E-state index in [1.165, 1.54) is 12.1 Å². The highest BCUT2D eigenvalue weighted by molar-refractivity contribution is 9.10. The van der Waals surface area contributed by atoms with Crippen LogP contribution in [-0.4, -0.2) is 18.0 Å². The van der Waals surface area contributed by atoms with Crippen molar-refractivity contribution in [2.24, 2.45) is 0 Å². The van der Waals surface area contributed by atoms with E-state index in [1.54, 1.807) is 16.8 Å². The fourth-order valence-corrected chi connectivity index (χ4v) is 3.09. The van der Waals surface area contributed by atoms with Crippen molar-refractivity contribution in [3.05, 3.63) is 63.9 Å². The van der Waals surface area contributed by atoms with Crippen molar-refractivity contribution in [2.45, 2.75) is 13.1 Å². The number of carbonyl (C=O) groups excluding carboxylic acids is 1. The monoisotopic (exact) mass is 348 g/mol. The molecule has 3 nitrogen and oxygen atoms in total. The molecular weight excluding hydrogens is 335 g/mol. The lowest BCUT2D eigenvalue weighted by molar-refractivity contribution is 0.210. The number of urea groups is 1. The Labute approximate surface area is 131 Å². The molecule has 5 heteroatoms. The number of nitrogens with zero attached hydrogens (tertiary/aromatic N) is 2. The molecular formula is C16H14BrFN2O. The number of para-hydroxylation sites is 1. The fraction of sp³-hybridized carbons (Fsp3) is 0.188. The summed E-state index contributed by atoms with van der Waals surface area (Å²) in [7, 11) is 1.77. The first-order valence-corrected chi connectivity index (χ1v) is 7.39. The standard InChI is InChI=1S/C16H14BrFN2O/c1-19-10-12-4-2-3-5-15(12)20(16(19)21)9-11-6-13(17)8-14(18)7-11/h2-8H,9-10H2,1H3. The predicted molar refractivity (Wildman–Crippen MR) is 83.6 cm³/mol. The van der Waals surface area contributed by atoms with E-state index in [9.17, 15) is 9.18 Å². The molecule has 1 aliphatic rings. The normalized spacial score (nSPS) is 14.3. The number of carbonyl (C=O) groups is 1. The second-order valence-electron chi connectivity index (χ2n) is 5.13. The number of rotatable bonds is 2. The highest BCUT2D eigenvalue weighted by Gasteiger charge is 2.27. The second kappa shape index (κ2) is 5.48. The minimum Gasteiger partial charge on any atom is -0.323 e. The molecule has 0 aliphatic carbocycles. The third kappa shape index (κ3) is 2.78. The first kappa shape index (κ1) is 14.1. The summed E-state index contributed by atoms with van der Waals surface area (Å²) in [6, 6.07) is 12.4. The van der Waals surface area contributed by atoms with Crippen LogP contribution in [0.2, 0.25) is 0 Å². The number of halogens is 2. The first-order valence-electron chi connectivity index (χ1n) is 6.60. The summed E-state index contributed by atoms with van der Waals surface area (Å²) in [5, 5.41) is 0. The summed E-state index contributed by atoms with van der Waals surface area (Å²) in [4.78, 5) is 15.8. The van der Waals surface area contributed by atoms with Gasteiger partial charge in [0.1, 0.15) is 5.82 Å². The number of fused-ring (bicyclic) bond motifs is 1. The van der Waals surface area contributed by atoms with E-state index >= 15 is 0 Å². The van der Waals surface area contributed by atoms with Gasteiger partial charge in [0.25, 0.3) is 0 Å². The maximum atomic E-state index is 13.5. The summed E-state index contributed by atoms with van der Waals surface area (Å²) >= 11 is 3.28. The quantitative estimate of drug-likeness (QED) is 0.799. The Morgan fingerprint density at radius 1 is 1.24 bits per heavy atom. The Balaban J connectivity index is 1.98. The van der Waals surface area contributed by atoms with Crippen molar-refractivity contribution in [1.29, 1.82) is 0 Å². The zero-order valence-corrected chi connectivity index (χ0v) is 13.1. The van der Waals surface area contributed by atoms with Crippen LogP contribution in [0.3, 0.4) is 0 Å². The highest BCUT2D eigenvalue weighted by atomic mass is 79.9. The lowest BCUT2D eigenvalue weighted by atomic mass is 10.1. The number of hydrogen-bond acceptors (Lipinski definition) is 1. The molecule has 0 radical (unpaired) electrons. The Bertz CT molecular complexity index is 684. The van der Waals surface area contributed by atoms with Crippen LogP contribution in [0.4, 0.5) is 14.9 Å². The van der Waals surface area contributed by atoms with Gasteiger partial charge in [0.15, 0.2) is 0 Å². The molecule has 0 saturated heterocycles. The second-order valence-corrected chi connectivity index (χ2v) is 6.05. The summed E-state index contributed by atoms with van der Waals surface area (Å²) in [6.45, 7) is 0.939. The predicted octanol–water partition coefficient (Wildman–Crippen LogP) is 4.16. The largest absolute Gasteiger partial charge is 0.324 e. The third-order valence-electron chi connectivity index (χ3n) is 3.51. The number of amides is 2. The van der Waals surface area contributed by atoms with Crippen LogP contribution in [0.15, 0.2) is 46.9 Å². The summed E-state index contributed by atoms with van der Waals surface area (Å²) in [5.74, 6) is -0.314. The van der Waals surface area contributed by atoms with Crippen LogP contribution >= 0.6 is 15.9 Å². The van der Waals surface area contributed by atoms with Gasteiger partial charge < -0.3 is 4.90 Å². The van der Waals surface area contributed by atoms with E-state index in [1.807, 2.05) is 30.3 Å². The summed E-state index contributed by atoms with van der Waals surface area (Å²) in [6.07, 6.45) is 0. The Morgan fingerprint density at radius 2 is 2.00 bits per heavy atom. The molecule has 0 aromatic heterocycles. The minimum atomic E-state index is -0.314. The molecule has 0 N–H and O–H groups in total. The van der Waals surface area contributed by atoms with Crippen LogP contribution in [0, 0.1) is 5.82 Å². The maximum absolute atomic E-state index is 13.5. The third-order valence-corrected chi connectivity index (χ3v) is 3.97. The molecule has 0 spiro atoms. The van der Waals surface area contributed by atoms with Gasteiger partial charge in [0, 0.05) is 18.1 Å². The maximum Gasteiger partial charge on any atom is 0.324 e. The van der Waals surface area contributed by atoms with E-state index in [-0.39, 0.29) is 11.8 Å². The molecule has 2 amide bonds. The lowest BCUT2D eigenvalue weighted by Gasteiger charge is -2.35. The summed E-state index contributed by atoms with van der Waals surface area (Å²) in [5.41, 5.74) is 2.73. The van der Waals surface area contributed by atoms with Gasteiger partial charge in [0.2, 0.25) is 0 Å². The molecule has 0 fully saturated rings. The molecule has 0 unspecified atom stereocenters. The van der Waals surface area contributed by atoms with Gasteiger partial charge in [-0.15, -0.1) is 0 Å². The number of hydrogen-bond donors (Lipinski definition) is 0. The Morgan fingerprint density at radius 3 is 2.76 bits per heavy atom. The highest BCUT2D eigenvalue weighted by Crippen LogP contribution is 2.29. The van der Waals surface area contributed by atoms with Crippen molar-refractivity contribution < 1.29 is 9.18 Å². The Hall–Kier alpha value is -1.88. The smallest absolute Gasteiger partial charge is 0.323 e. The Kier molecular flexibility index (Phi) is 3.68. The van der Waals surface area contributed by atoms with Crippen molar-refractivity contribution in [1.82, 2.24) is 4.90 Å². The van der Waals surface area contributed by atoms with Crippen LogP contribution in [0.5, 0.6) is 0 Å². The van der Waals surface area contributed by atoms with Crippen molar-refractivity contribution in [3.63, 3.8) is 0 Å². The molecule has 1 heterocycles. The topological polar surface area (TPSA) is 23.6 Å². The average Bonchev–Trinajstić information content (AvgIpc) is 2.43. The molecule has 21 heavy (non-hydrogen) atoms. The average molecular weight is 349 g/mol. The molecule has 2 aromatic carbocycles. The molecule has 3 rings (SSSR count). The number of anilines is 1. The van der Waals surface area contributed by atoms with Crippen molar-refractivity contribution >= 4 is 27.6 Å². The van der Waals surface area contributed by atoms with Crippen LogP contribution in [-0.2, 0) is 13.1 Å². The zero-order chi connectivity index (χ0) is 15.0. The molecule has 0 atom stereocenters. The van der Waals surface area contributed by atoms with Crippen LogP contribution < -0.4 is 4.90 Å². The van der Waals surface area contributed by atoms with Gasteiger partial charge in [0.05, 0.1) is 12.2 Å². The van der Waals surface area contributed by atoms with Gasteiger partial charge in [-0.25, -0.2) is 9.18 Å². The molecule has 1 aliphatic heterocycles. The van der Waals surface area contributed by atoms with Gasteiger partial charge >= 0.3 is 6.03 Å². The van der Waals surface area contributed by atoms with Gasteiger partial charge in [-0.05, 0) is 35.4 Å². The summed E-state index contributed by atoms with van der Waals surface area (Å²) < 4.78 is 14.2. The van der Waals surface area contributed by atoms with E-state index in [0.717, 1.165) is 16.8 Å². The van der Waals surface area contributed by atoms with E-state index in [4.69, 9.17) is 0 Å².